The molecule has 1 aromatic rings. The third-order valence-corrected chi connectivity index (χ3v) is 10.0. The molecule has 3 saturated carbocycles. The normalized spacial score (nSPS) is 25.5. The minimum atomic E-state index is -3.33. The average Bonchev–Trinajstić information content (AvgIpc) is 3.74. The summed E-state index contributed by atoms with van der Waals surface area (Å²) >= 11 is 0. The van der Waals surface area contributed by atoms with Gasteiger partial charge in [-0.1, -0.05) is 12.1 Å². The third kappa shape index (κ3) is 5.47. The van der Waals surface area contributed by atoms with Gasteiger partial charge in [0.25, 0.3) is 0 Å². The van der Waals surface area contributed by atoms with Crippen molar-refractivity contribution in [3.05, 3.63) is 29.3 Å². The minimum absolute atomic E-state index is 0.127. The largest absolute Gasteiger partial charge is 0.384 e. The van der Waals surface area contributed by atoms with Crippen LogP contribution in [0.1, 0.15) is 88.2 Å². The Bertz CT molecular complexity index is 1220. The second-order valence-electron chi connectivity index (χ2n) is 11.3. The Labute approximate surface area is 212 Å². The first-order valence-electron chi connectivity index (χ1n) is 13.0. The van der Waals surface area contributed by atoms with Crippen LogP contribution in [0, 0.1) is 5.92 Å². The molecular formula is C27H35N3O5S. The van der Waals surface area contributed by atoms with E-state index in [9.17, 15) is 23.1 Å². The molecule has 3 fully saturated rings. The number of rotatable bonds is 9. The lowest BCUT2D eigenvalue weighted by atomic mass is 9.86. The predicted octanol–water partition coefficient (Wildman–Crippen LogP) is 3.08. The van der Waals surface area contributed by atoms with E-state index in [1.54, 1.807) is 26.0 Å². The Kier molecular flexibility index (Phi) is 6.66. The van der Waals surface area contributed by atoms with Crippen molar-refractivity contribution in [3.8, 4) is 0 Å². The maximum absolute atomic E-state index is 13.6. The first kappa shape index (κ1) is 25.3. The molecule has 9 heteroatoms. The fraction of sp³-hybridized carbons (Fsp3) is 0.630. The quantitative estimate of drug-likeness (QED) is 0.525. The Balaban J connectivity index is 1.40. The molecule has 5 rings (SSSR count). The maximum Gasteiger partial charge on any atom is 0.229 e. The monoisotopic (exact) mass is 513 g/mol. The molecule has 1 aromatic carbocycles. The molecule has 1 amide bonds. The van der Waals surface area contributed by atoms with Gasteiger partial charge in [-0.25, -0.2) is 8.42 Å². The molecule has 0 saturated heterocycles. The molecule has 0 radical (unpaired) electrons. The molecule has 1 unspecified atom stereocenters. The van der Waals surface area contributed by atoms with Crippen molar-refractivity contribution in [2.75, 3.05) is 6.54 Å². The first-order valence-corrected chi connectivity index (χ1v) is 14.6. The number of nitrogens with one attached hydrogen (secondary N) is 1. The van der Waals surface area contributed by atoms with E-state index in [1.807, 2.05) is 6.07 Å². The van der Waals surface area contributed by atoms with Gasteiger partial charge in [0.2, 0.25) is 5.91 Å². The van der Waals surface area contributed by atoms with Crippen LogP contribution in [-0.4, -0.2) is 60.7 Å². The van der Waals surface area contributed by atoms with Crippen LogP contribution in [-0.2, 0) is 19.4 Å². The van der Waals surface area contributed by atoms with Crippen molar-refractivity contribution in [3.63, 3.8) is 0 Å². The van der Waals surface area contributed by atoms with Crippen LogP contribution in [0.3, 0.4) is 0 Å². The number of amides is 1. The van der Waals surface area contributed by atoms with Gasteiger partial charge in [-0.15, -0.1) is 0 Å². The summed E-state index contributed by atoms with van der Waals surface area (Å²) in [4.78, 5) is 34.7. The van der Waals surface area contributed by atoms with Gasteiger partial charge in [0.1, 0.15) is 17.6 Å². The molecule has 0 bridgehead atoms. The maximum atomic E-state index is 13.6. The zero-order valence-corrected chi connectivity index (χ0v) is 21.8. The minimum Gasteiger partial charge on any atom is -0.384 e. The van der Waals surface area contributed by atoms with Gasteiger partial charge >= 0.3 is 0 Å². The number of benzene rings is 1. The van der Waals surface area contributed by atoms with Crippen LogP contribution in [0.4, 0.5) is 0 Å². The Morgan fingerprint density at radius 2 is 1.94 bits per heavy atom. The summed E-state index contributed by atoms with van der Waals surface area (Å²) < 4.78 is 26.1. The summed E-state index contributed by atoms with van der Waals surface area (Å²) in [6.45, 7) is 3.52. The summed E-state index contributed by atoms with van der Waals surface area (Å²) in [6, 6.07) is 5.43. The van der Waals surface area contributed by atoms with Gasteiger partial charge in [0, 0.05) is 19.1 Å². The van der Waals surface area contributed by atoms with Crippen molar-refractivity contribution in [1.29, 1.82) is 0 Å². The van der Waals surface area contributed by atoms with Crippen LogP contribution in [0.15, 0.2) is 33.1 Å². The highest BCUT2D eigenvalue weighted by Gasteiger charge is 2.41. The second-order valence-corrected chi connectivity index (χ2v) is 13.5. The fourth-order valence-electron chi connectivity index (χ4n) is 5.27. The highest BCUT2D eigenvalue weighted by Crippen LogP contribution is 2.46. The average molecular weight is 514 g/mol. The SMILES string of the molecule is CC(C)(O)C1=NCC(NC(=O)[C@H](C[C@H]2CCC(=O)C2)c2ccc(S(=O)(=O)C3CC3)c(C3CC3)c2)N=C1. The van der Waals surface area contributed by atoms with E-state index in [1.165, 1.54) is 6.21 Å². The molecule has 0 aromatic heterocycles. The number of nitrogens with zero attached hydrogens (tertiary/aromatic N) is 2. The molecule has 194 valence electrons. The van der Waals surface area contributed by atoms with Gasteiger partial charge < -0.3 is 10.4 Å². The number of aliphatic imine (C=N–C) groups is 2. The summed E-state index contributed by atoms with van der Waals surface area (Å²) in [5, 5.41) is 12.9. The molecule has 3 aliphatic carbocycles. The Hall–Kier alpha value is -2.39. The highest BCUT2D eigenvalue weighted by molar-refractivity contribution is 7.92. The highest BCUT2D eigenvalue weighted by atomic mass is 32.2. The van der Waals surface area contributed by atoms with E-state index in [-0.39, 0.29) is 35.3 Å². The first-order chi connectivity index (χ1) is 17.0. The lowest BCUT2D eigenvalue weighted by molar-refractivity contribution is -0.124. The van der Waals surface area contributed by atoms with Crippen molar-refractivity contribution in [2.24, 2.45) is 15.9 Å². The standard InChI is InChI=1S/C27H35N3O5S/c1-27(2,33)24-14-29-25(15-28-24)30-26(32)22(12-16-3-7-19(31)11-16)18-6-10-23(21(13-18)17-4-5-17)36(34,35)20-8-9-20/h6,10,13-14,16-17,20,22,25,33H,3-5,7-9,11-12,15H2,1-2H3,(H,30,32)/t16-,22+,25?/m0/s1. The number of aliphatic hydroxyl groups is 1. The van der Waals surface area contributed by atoms with Crippen LogP contribution >= 0.6 is 0 Å². The van der Waals surface area contributed by atoms with Gasteiger partial charge in [0.15, 0.2) is 9.84 Å². The molecule has 0 spiro atoms. The van der Waals surface area contributed by atoms with E-state index in [2.05, 4.69) is 15.3 Å². The van der Waals surface area contributed by atoms with Crippen LogP contribution in [0.5, 0.6) is 0 Å². The number of hydrogen-bond donors (Lipinski definition) is 2. The van der Waals surface area contributed by atoms with Crippen molar-refractivity contribution in [1.82, 2.24) is 5.32 Å². The molecule has 1 heterocycles. The number of hydrogen-bond acceptors (Lipinski definition) is 7. The van der Waals surface area contributed by atoms with Crippen LogP contribution in [0.25, 0.3) is 0 Å². The van der Waals surface area contributed by atoms with E-state index in [0.29, 0.717) is 42.7 Å². The molecule has 8 nitrogen and oxygen atoms in total. The number of sulfone groups is 1. The molecular weight excluding hydrogens is 478 g/mol. The van der Waals surface area contributed by atoms with Crippen LogP contribution < -0.4 is 5.32 Å². The number of carbonyl (C=O) groups is 2. The summed E-state index contributed by atoms with van der Waals surface area (Å²) in [6.07, 6.45) is 6.66. The second kappa shape index (κ2) is 9.49. The fourth-order valence-corrected chi connectivity index (χ4v) is 7.19. The Morgan fingerprint density at radius 3 is 2.50 bits per heavy atom. The van der Waals surface area contributed by atoms with E-state index < -0.39 is 27.5 Å². The third-order valence-electron chi connectivity index (χ3n) is 7.70. The summed E-state index contributed by atoms with van der Waals surface area (Å²) in [7, 11) is -3.33. The lowest BCUT2D eigenvalue weighted by Gasteiger charge is -2.26. The topological polar surface area (TPSA) is 125 Å². The van der Waals surface area contributed by atoms with Crippen molar-refractivity contribution in [2.45, 2.75) is 99.0 Å². The zero-order chi connectivity index (χ0) is 25.7. The smallest absolute Gasteiger partial charge is 0.229 e. The van der Waals surface area contributed by atoms with Gasteiger partial charge in [-0.3, -0.25) is 19.6 Å². The van der Waals surface area contributed by atoms with Gasteiger partial charge in [-0.05, 0) is 81.4 Å². The molecule has 36 heavy (non-hydrogen) atoms. The van der Waals surface area contributed by atoms with Gasteiger partial charge in [-0.2, -0.15) is 0 Å². The van der Waals surface area contributed by atoms with E-state index >= 15 is 0 Å². The number of Topliss-reactive ketones (excluding diaryl/α,β-unsaturated/α-hetero) is 1. The van der Waals surface area contributed by atoms with Crippen LogP contribution in [0.2, 0.25) is 0 Å². The van der Waals surface area contributed by atoms with E-state index in [0.717, 1.165) is 30.4 Å². The van der Waals surface area contributed by atoms with E-state index in [4.69, 9.17) is 0 Å². The van der Waals surface area contributed by atoms with Gasteiger partial charge in [0.05, 0.1) is 28.3 Å². The van der Waals surface area contributed by atoms with Crippen molar-refractivity contribution < 1.29 is 23.1 Å². The zero-order valence-electron chi connectivity index (χ0n) is 20.9. The number of carbonyl (C=O) groups excluding carboxylic acids is 2. The molecule has 2 N–H and O–H groups in total. The van der Waals surface area contributed by atoms with Crippen molar-refractivity contribution >= 4 is 33.5 Å². The predicted molar refractivity (Wildman–Crippen MR) is 137 cm³/mol. The summed E-state index contributed by atoms with van der Waals surface area (Å²) in [5.74, 6) is -0.122. The Morgan fingerprint density at radius 1 is 1.19 bits per heavy atom. The summed E-state index contributed by atoms with van der Waals surface area (Å²) in [5.41, 5.74) is 1.01. The molecule has 3 atom stereocenters. The molecule has 1 aliphatic heterocycles. The lowest BCUT2D eigenvalue weighted by Crippen LogP contribution is -2.43. The molecule has 4 aliphatic rings. The number of ketones is 1.